The Balaban J connectivity index is 1.94. The van der Waals surface area contributed by atoms with Crippen LogP contribution in [0.1, 0.15) is 53.1 Å². The van der Waals surface area contributed by atoms with E-state index in [4.69, 9.17) is 22.4 Å². The quantitative estimate of drug-likeness (QED) is 0.640. The Morgan fingerprint density at radius 1 is 1.32 bits per heavy atom. The molecule has 1 saturated heterocycles. The summed E-state index contributed by atoms with van der Waals surface area (Å²) in [5.41, 5.74) is 10.7. The smallest absolute Gasteiger partial charge is 0.289 e. The topological polar surface area (TPSA) is 83.9 Å². The van der Waals surface area contributed by atoms with E-state index in [9.17, 15) is 4.79 Å². The minimum absolute atomic E-state index is 0.00828. The first-order valence-corrected chi connectivity index (χ1v) is 8.02. The van der Waals surface area contributed by atoms with E-state index in [1.165, 1.54) is 0 Å². The van der Waals surface area contributed by atoms with Gasteiger partial charge in [0, 0.05) is 30.6 Å². The molecule has 0 saturated carbocycles. The van der Waals surface area contributed by atoms with Gasteiger partial charge in [-0.15, -0.1) is 0 Å². The van der Waals surface area contributed by atoms with Gasteiger partial charge in [0.15, 0.2) is 10.9 Å². The largest absolute Gasteiger partial charge is 0.455 e. The van der Waals surface area contributed by atoms with Gasteiger partial charge in [0.05, 0.1) is 5.71 Å². The molecule has 0 radical (unpaired) electrons. The fourth-order valence-corrected chi connectivity index (χ4v) is 3.22. The van der Waals surface area contributed by atoms with Crippen molar-refractivity contribution in [2.45, 2.75) is 39.0 Å². The number of likely N-dealkylation sites (tertiary alicyclic amines) is 1. The summed E-state index contributed by atoms with van der Waals surface area (Å²) in [5.74, 6) is 1.29. The summed E-state index contributed by atoms with van der Waals surface area (Å²) >= 11 is 4.79. The van der Waals surface area contributed by atoms with E-state index in [1.807, 2.05) is 11.8 Å². The number of rotatable bonds is 2. The van der Waals surface area contributed by atoms with E-state index in [2.05, 4.69) is 10.5 Å². The van der Waals surface area contributed by atoms with Gasteiger partial charge in [-0.05, 0) is 44.8 Å². The Morgan fingerprint density at radius 3 is 2.73 bits per heavy atom. The Bertz CT molecular complexity index is 644. The van der Waals surface area contributed by atoms with Crippen LogP contribution in [0.4, 0.5) is 0 Å². The highest BCUT2D eigenvalue weighted by Gasteiger charge is 2.30. The van der Waals surface area contributed by atoms with Gasteiger partial charge in [-0.25, -0.2) is 0 Å². The molecular formula is C15H20N4O2S. The number of carbonyl (C=O) groups is 1. The number of amides is 1. The molecule has 0 atom stereocenters. The fraction of sp³-hybridized carbons (Fsp3) is 0.533. The van der Waals surface area contributed by atoms with Gasteiger partial charge in [-0.3, -0.25) is 10.2 Å². The average Bonchev–Trinajstić information content (AvgIpc) is 3.13. The summed E-state index contributed by atoms with van der Waals surface area (Å²) in [7, 11) is 0. The summed E-state index contributed by atoms with van der Waals surface area (Å²) in [6.45, 7) is 3.55. The van der Waals surface area contributed by atoms with Crippen molar-refractivity contribution in [3.05, 3.63) is 22.6 Å². The number of furan rings is 1. The molecule has 1 aromatic heterocycles. The van der Waals surface area contributed by atoms with Crippen LogP contribution in [-0.2, 0) is 6.42 Å². The monoisotopic (exact) mass is 320 g/mol. The number of hydrogen-bond acceptors (Lipinski definition) is 4. The molecule has 1 fully saturated rings. The molecule has 0 bridgehead atoms. The zero-order chi connectivity index (χ0) is 15.7. The summed E-state index contributed by atoms with van der Waals surface area (Å²) in [5, 5.41) is 4.40. The highest BCUT2D eigenvalue weighted by molar-refractivity contribution is 7.80. The van der Waals surface area contributed by atoms with Crippen LogP contribution in [0.2, 0.25) is 0 Å². The van der Waals surface area contributed by atoms with Crippen LogP contribution in [0.3, 0.4) is 0 Å². The van der Waals surface area contributed by atoms with Crippen molar-refractivity contribution < 1.29 is 9.21 Å². The summed E-state index contributed by atoms with van der Waals surface area (Å²) in [4.78, 5) is 14.5. The summed E-state index contributed by atoms with van der Waals surface area (Å²) < 4.78 is 5.88. The number of aryl methyl sites for hydroxylation is 1. The SMILES string of the molecule is Cc1c(C(=O)N2CCCC2)oc2c1/C(=N/NC(N)=S)CCC2. The molecule has 118 valence electrons. The van der Waals surface area contributed by atoms with Crippen molar-refractivity contribution in [3.8, 4) is 0 Å². The number of hydrazone groups is 1. The Labute approximate surface area is 134 Å². The molecule has 0 unspecified atom stereocenters. The average molecular weight is 320 g/mol. The molecule has 0 spiro atoms. The molecule has 3 N–H and O–H groups in total. The van der Waals surface area contributed by atoms with Gasteiger partial charge in [0.2, 0.25) is 0 Å². The molecule has 1 amide bonds. The zero-order valence-corrected chi connectivity index (χ0v) is 13.5. The molecule has 1 aromatic rings. The maximum atomic E-state index is 12.6. The lowest BCUT2D eigenvalue weighted by atomic mass is 9.93. The number of hydrogen-bond donors (Lipinski definition) is 2. The van der Waals surface area contributed by atoms with Crippen molar-refractivity contribution >= 4 is 28.9 Å². The minimum atomic E-state index is -0.00828. The van der Waals surface area contributed by atoms with Crippen LogP contribution in [0.15, 0.2) is 9.52 Å². The van der Waals surface area contributed by atoms with Crippen molar-refractivity contribution in [1.29, 1.82) is 0 Å². The zero-order valence-electron chi connectivity index (χ0n) is 12.6. The number of carbonyl (C=O) groups excluding carboxylic acids is 1. The van der Waals surface area contributed by atoms with Crippen molar-refractivity contribution in [1.82, 2.24) is 10.3 Å². The third-order valence-corrected chi connectivity index (χ3v) is 4.31. The molecule has 2 heterocycles. The number of nitrogens with two attached hydrogens (primary N) is 1. The predicted molar refractivity (Wildman–Crippen MR) is 88.0 cm³/mol. The Kier molecular flexibility index (Phi) is 4.15. The molecule has 6 nitrogen and oxygen atoms in total. The molecule has 2 aliphatic rings. The fourth-order valence-electron chi connectivity index (χ4n) is 3.17. The summed E-state index contributed by atoms with van der Waals surface area (Å²) in [6.07, 6.45) is 4.72. The summed E-state index contributed by atoms with van der Waals surface area (Å²) in [6, 6.07) is 0. The molecule has 1 aliphatic carbocycles. The number of thiocarbonyl (C=S) groups is 1. The van der Waals surface area contributed by atoms with E-state index < -0.39 is 0 Å². The van der Waals surface area contributed by atoms with Crippen LogP contribution in [0.25, 0.3) is 0 Å². The normalized spacial score (nSPS) is 19.3. The van der Waals surface area contributed by atoms with E-state index in [-0.39, 0.29) is 11.0 Å². The molecule has 1 aliphatic heterocycles. The Morgan fingerprint density at radius 2 is 2.05 bits per heavy atom. The second-order valence-corrected chi connectivity index (χ2v) is 6.18. The van der Waals surface area contributed by atoms with Crippen molar-refractivity contribution in [2.24, 2.45) is 10.8 Å². The lowest BCUT2D eigenvalue weighted by molar-refractivity contribution is 0.0758. The van der Waals surface area contributed by atoms with Gasteiger partial charge >= 0.3 is 0 Å². The highest BCUT2D eigenvalue weighted by Crippen LogP contribution is 2.31. The molecule has 3 rings (SSSR count). The number of fused-ring (bicyclic) bond motifs is 1. The van der Waals surface area contributed by atoms with E-state index in [0.717, 1.165) is 67.8 Å². The van der Waals surface area contributed by atoms with E-state index >= 15 is 0 Å². The van der Waals surface area contributed by atoms with E-state index in [0.29, 0.717) is 5.76 Å². The predicted octanol–water partition coefficient (Wildman–Crippen LogP) is 1.70. The Hall–Kier alpha value is -1.89. The van der Waals surface area contributed by atoms with Crippen LogP contribution in [-0.4, -0.2) is 34.7 Å². The molecular weight excluding hydrogens is 300 g/mol. The van der Waals surface area contributed by atoms with E-state index in [1.54, 1.807) is 0 Å². The van der Waals surface area contributed by atoms with Crippen LogP contribution >= 0.6 is 12.2 Å². The molecule has 7 heteroatoms. The first kappa shape index (κ1) is 15.0. The number of nitrogens with one attached hydrogen (secondary N) is 1. The van der Waals surface area contributed by atoms with Crippen LogP contribution < -0.4 is 11.2 Å². The van der Waals surface area contributed by atoms with Crippen molar-refractivity contribution in [3.63, 3.8) is 0 Å². The second kappa shape index (κ2) is 6.08. The third kappa shape index (κ3) is 2.72. The first-order chi connectivity index (χ1) is 10.6. The maximum Gasteiger partial charge on any atom is 0.289 e. The first-order valence-electron chi connectivity index (χ1n) is 7.62. The lowest BCUT2D eigenvalue weighted by Crippen LogP contribution is -2.28. The molecule has 0 aromatic carbocycles. The number of nitrogens with zero attached hydrogens (tertiary/aromatic N) is 2. The molecule has 22 heavy (non-hydrogen) atoms. The van der Waals surface area contributed by atoms with Gasteiger partial charge in [-0.2, -0.15) is 5.10 Å². The van der Waals surface area contributed by atoms with Gasteiger partial charge in [-0.1, -0.05) is 0 Å². The standard InChI is InChI=1S/C15H20N4O2S/c1-9-12-10(17-18-15(16)22)5-4-6-11(12)21-13(9)14(20)19-7-2-3-8-19/h2-8H2,1H3,(H3,16,18,22)/b17-10+. The van der Waals surface area contributed by atoms with Crippen LogP contribution in [0.5, 0.6) is 0 Å². The van der Waals surface area contributed by atoms with Gasteiger partial charge in [0.25, 0.3) is 5.91 Å². The van der Waals surface area contributed by atoms with Crippen LogP contribution in [0, 0.1) is 6.92 Å². The maximum absolute atomic E-state index is 12.6. The minimum Gasteiger partial charge on any atom is -0.455 e. The lowest BCUT2D eigenvalue weighted by Gasteiger charge is -2.14. The van der Waals surface area contributed by atoms with Gasteiger partial charge < -0.3 is 15.1 Å². The highest BCUT2D eigenvalue weighted by atomic mass is 32.1. The third-order valence-electron chi connectivity index (χ3n) is 4.21. The van der Waals surface area contributed by atoms with Gasteiger partial charge in [0.1, 0.15) is 5.76 Å². The second-order valence-electron chi connectivity index (χ2n) is 5.74. The van der Waals surface area contributed by atoms with Crippen molar-refractivity contribution in [2.75, 3.05) is 13.1 Å².